The van der Waals surface area contributed by atoms with Crippen LogP contribution in [0.4, 0.5) is 10.5 Å². The summed E-state index contributed by atoms with van der Waals surface area (Å²) in [6.45, 7) is 4.56. The van der Waals surface area contributed by atoms with E-state index in [1.54, 1.807) is 4.90 Å². The molecule has 130 valence electrons. The van der Waals surface area contributed by atoms with Crippen molar-refractivity contribution in [1.82, 2.24) is 9.80 Å². The molecule has 0 aromatic heterocycles. The quantitative estimate of drug-likeness (QED) is 0.872. The predicted octanol–water partition coefficient (Wildman–Crippen LogP) is 3.11. The monoisotopic (exact) mass is 337 g/mol. The standard InChI is InChI=1S/C20H23N3O2/c1-16(19(24)17-8-4-2-5-9-17)22-12-14-23(15-13-22)20(25)21-18-10-6-3-7-11-18/h2-11,16H,12-15H2,1H3,(H,21,25). The van der Waals surface area contributed by atoms with Gasteiger partial charge in [0.25, 0.3) is 0 Å². The van der Waals surface area contributed by atoms with Crippen LogP contribution in [0.2, 0.25) is 0 Å². The summed E-state index contributed by atoms with van der Waals surface area (Å²) in [6.07, 6.45) is 0. The molecule has 0 radical (unpaired) electrons. The number of para-hydroxylation sites is 1. The van der Waals surface area contributed by atoms with Crippen molar-refractivity contribution in [3.8, 4) is 0 Å². The van der Waals surface area contributed by atoms with Gasteiger partial charge in [-0.25, -0.2) is 4.79 Å². The Morgan fingerprint density at radius 2 is 1.44 bits per heavy atom. The molecule has 1 aliphatic heterocycles. The van der Waals surface area contributed by atoms with Gasteiger partial charge < -0.3 is 10.2 Å². The third kappa shape index (κ3) is 4.25. The summed E-state index contributed by atoms with van der Waals surface area (Å²) in [6, 6.07) is 18.5. The smallest absolute Gasteiger partial charge is 0.321 e. The van der Waals surface area contributed by atoms with E-state index < -0.39 is 0 Å². The van der Waals surface area contributed by atoms with Crippen molar-refractivity contribution < 1.29 is 9.59 Å². The second kappa shape index (κ2) is 7.94. The van der Waals surface area contributed by atoms with Gasteiger partial charge in [-0.05, 0) is 19.1 Å². The van der Waals surface area contributed by atoms with Crippen molar-refractivity contribution in [1.29, 1.82) is 0 Å². The van der Waals surface area contributed by atoms with Gasteiger partial charge in [0.2, 0.25) is 0 Å². The highest BCUT2D eigenvalue weighted by Gasteiger charge is 2.27. The van der Waals surface area contributed by atoms with Crippen molar-refractivity contribution in [3.63, 3.8) is 0 Å². The Hall–Kier alpha value is -2.66. The summed E-state index contributed by atoms with van der Waals surface area (Å²) in [5.41, 5.74) is 1.53. The van der Waals surface area contributed by atoms with E-state index in [0.717, 1.165) is 11.3 Å². The van der Waals surface area contributed by atoms with E-state index in [2.05, 4.69) is 10.2 Å². The van der Waals surface area contributed by atoms with E-state index >= 15 is 0 Å². The first-order chi connectivity index (χ1) is 12.1. The van der Waals surface area contributed by atoms with Crippen LogP contribution < -0.4 is 5.32 Å². The van der Waals surface area contributed by atoms with Crippen LogP contribution in [0, 0.1) is 0 Å². The third-order valence-electron chi connectivity index (χ3n) is 4.61. The van der Waals surface area contributed by atoms with Gasteiger partial charge in [-0.15, -0.1) is 0 Å². The van der Waals surface area contributed by atoms with Gasteiger partial charge in [0.05, 0.1) is 6.04 Å². The van der Waals surface area contributed by atoms with Crippen molar-refractivity contribution >= 4 is 17.5 Å². The maximum absolute atomic E-state index is 12.6. The molecule has 0 bridgehead atoms. The molecule has 2 amide bonds. The number of carbonyl (C=O) groups excluding carboxylic acids is 2. The molecule has 1 N–H and O–H groups in total. The van der Waals surface area contributed by atoms with E-state index in [1.807, 2.05) is 67.6 Å². The number of hydrogen-bond acceptors (Lipinski definition) is 3. The van der Waals surface area contributed by atoms with E-state index in [4.69, 9.17) is 0 Å². The van der Waals surface area contributed by atoms with E-state index in [-0.39, 0.29) is 17.9 Å². The van der Waals surface area contributed by atoms with Gasteiger partial charge in [0, 0.05) is 37.4 Å². The molecule has 5 nitrogen and oxygen atoms in total. The lowest BCUT2D eigenvalue weighted by Gasteiger charge is -2.37. The van der Waals surface area contributed by atoms with E-state index in [1.165, 1.54) is 0 Å². The van der Waals surface area contributed by atoms with Crippen LogP contribution >= 0.6 is 0 Å². The molecule has 1 aliphatic rings. The fourth-order valence-corrected chi connectivity index (χ4v) is 3.05. The van der Waals surface area contributed by atoms with Crippen LogP contribution in [0.3, 0.4) is 0 Å². The molecule has 3 rings (SSSR count). The van der Waals surface area contributed by atoms with Crippen molar-refractivity contribution in [2.45, 2.75) is 13.0 Å². The first kappa shape index (κ1) is 17.2. The molecular weight excluding hydrogens is 314 g/mol. The summed E-state index contributed by atoms with van der Waals surface area (Å²) in [7, 11) is 0. The first-order valence-corrected chi connectivity index (χ1v) is 8.59. The highest BCUT2D eigenvalue weighted by Crippen LogP contribution is 2.13. The average molecular weight is 337 g/mol. The number of nitrogens with zero attached hydrogens (tertiary/aromatic N) is 2. The van der Waals surface area contributed by atoms with Gasteiger partial charge >= 0.3 is 6.03 Å². The lowest BCUT2D eigenvalue weighted by atomic mass is 10.0. The second-order valence-corrected chi connectivity index (χ2v) is 6.23. The zero-order valence-corrected chi connectivity index (χ0v) is 14.4. The van der Waals surface area contributed by atoms with Gasteiger partial charge in [-0.3, -0.25) is 9.69 Å². The fourth-order valence-electron chi connectivity index (χ4n) is 3.05. The maximum Gasteiger partial charge on any atom is 0.321 e. The molecule has 25 heavy (non-hydrogen) atoms. The zero-order chi connectivity index (χ0) is 17.6. The Labute approximate surface area is 148 Å². The highest BCUT2D eigenvalue weighted by molar-refractivity contribution is 5.99. The van der Waals surface area contributed by atoms with Gasteiger partial charge in [0.1, 0.15) is 0 Å². The number of piperazine rings is 1. The number of amides is 2. The highest BCUT2D eigenvalue weighted by atomic mass is 16.2. The lowest BCUT2D eigenvalue weighted by molar-refractivity contribution is 0.0751. The Morgan fingerprint density at radius 1 is 0.880 bits per heavy atom. The molecule has 1 fully saturated rings. The number of hydrogen-bond donors (Lipinski definition) is 1. The molecular formula is C20H23N3O2. The summed E-state index contributed by atoms with van der Waals surface area (Å²) in [5.74, 6) is 0.128. The molecule has 0 aliphatic carbocycles. The van der Waals surface area contributed by atoms with Gasteiger partial charge in [-0.1, -0.05) is 48.5 Å². The van der Waals surface area contributed by atoms with Crippen LogP contribution in [-0.2, 0) is 0 Å². The van der Waals surface area contributed by atoms with Crippen LogP contribution in [0.1, 0.15) is 17.3 Å². The average Bonchev–Trinajstić information content (AvgIpc) is 2.68. The zero-order valence-electron chi connectivity index (χ0n) is 14.4. The van der Waals surface area contributed by atoms with Crippen molar-refractivity contribution in [2.24, 2.45) is 0 Å². The first-order valence-electron chi connectivity index (χ1n) is 8.59. The van der Waals surface area contributed by atoms with Crippen LogP contribution in [-0.4, -0.2) is 53.8 Å². The molecule has 2 aromatic carbocycles. The fraction of sp³-hybridized carbons (Fsp3) is 0.300. The molecule has 5 heteroatoms. The predicted molar refractivity (Wildman–Crippen MR) is 98.8 cm³/mol. The molecule has 1 heterocycles. The second-order valence-electron chi connectivity index (χ2n) is 6.23. The maximum atomic E-state index is 12.6. The number of anilines is 1. The van der Waals surface area contributed by atoms with Gasteiger partial charge in [-0.2, -0.15) is 0 Å². The Kier molecular flexibility index (Phi) is 5.46. The van der Waals surface area contributed by atoms with E-state index in [0.29, 0.717) is 26.2 Å². The van der Waals surface area contributed by atoms with Crippen molar-refractivity contribution in [3.05, 3.63) is 66.2 Å². The summed E-state index contributed by atoms with van der Waals surface area (Å²) in [4.78, 5) is 28.8. The summed E-state index contributed by atoms with van der Waals surface area (Å²) < 4.78 is 0. The number of benzene rings is 2. The molecule has 1 atom stereocenters. The summed E-state index contributed by atoms with van der Waals surface area (Å²) >= 11 is 0. The van der Waals surface area contributed by atoms with Crippen LogP contribution in [0.25, 0.3) is 0 Å². The van der Waals surface area contributed by atoms with Crippen LogP contribution in [0.15, 0.2) is 60.7 Å². The van der Waals surface area contributed by atoms with E-state index in [9.17, 15) is 9.59 Å². The minimum atomic E-state index is -0.179. The molecule has 1 saturated heterocycles. The van der Waals surface area contributed by atoms with Gasteiger partial charge in [0.15, 0.2) is 5.78 Å². The van der Waals surface area contributed by atoms with Crippen molar-refractivity contribution in [2.75, 3.05) is 31.5 Å². The number of urea groups is 1. The minimum Gasteiger partial charge on any atom is -0.322 e. The largest absolute Gasteiger partial charge is 0.322 e. The number of Topliss-reactive ketones (excluding diaryl/α,β-unsaturated/α-hetero) is 1. The Morgan fingerprint density at radius 3 is 2.04 bits per heavy atom. The molecule has 0 spiro atoms. The molecule has 1 unspecified atom stereocenters. The normalized spacial score (nSPS) is 16.3. The Bertz CT molecular complexity index is 710. The summed E-state index contributed by atoms with van der Waals surface area (Å²) in [5, 5.41) is 2.91. The number of rotatable bonds is 4. The molecule has 0 saturated carbocycles. The van der Waals surface area contributed by atoms with Crippen LogP contribution in [0.5, 0.6) is 0 Å². The number of carbonyl (C=O) groups is 2. The minimum absolute atomic E-state index is 0.0899. The topological polar surface area (TPSA) is 52.7 Å². The Balaban J connectivity index is 1.53. The lowest BCUT2D eigenvalue weighted by Crippen LogP contribution is -2.53. The molecule has 2 aromatic rings. The SMILES string of the molecule is CC(C(=O)c1ccccc1)N1CCN(C(=O)Nc2ccccc2)CC1. The third-order valence-corrected chi connectivity index (χ3v) is 4.61. The number of nitrogens with one attached hydrogen (secondary N) is 1. The number of ketones is 1.